The first-order chi connectivity index (χ1) is 24.4. The molecule has 5 nitrogen and oxygen atoms in total. The van der Waals surface area contributed by atoms with Crippen molar-refractivity contribution in [2.45, 2.75) is 59.3 Å². The molecule has 0 unspecified atom stereocenters. The number of allylic oxidation sites excluding steroid dienone is 4. The van der Waals surface area contributed by atoms with E-state index < -0.39 is 11.6 Å². The Hall–Kier alpha value is -5.37. The summed E-state index contributed by atoms with van der Waals surface area (Å²) in [4.78, 5) is 0. The van der Waals surface area contributed by atoms with Crippen molar-refractivity contribution in [1.29, 1.82) is 0 Å². The molecular formula is C42H45F3N4O. The topological polar surface area (TPSA) is 58.7 Å². The van der Waals surface area contributed by atoms with Crippen molar-refractivity contribution in [3.63, 3.8) is 0 Å². The van der Waals surface area contributed by atoms with Crippen molar-refractivity contribution in [1.82, 2.24) is 0 Å². The number of hydrogen-bond acceptors (Lipinski definition) is 5. The number of halogens is 3. The van der Waals surface area contributed by atoms with Gasteiger partial charge in [-0.3, -0.25) is 0 Å². The second-order valence-corrected chi connectivity index (χ2v) is 11.1. The van der Waals surface area contributed by atoms with Crippen LogP contribution in [0.5, 0.6) is 5.75 Å². The Morgan fingerprint density at radius 3 is 1.38 bits per heavy atom. The van der Waals surface area contributed by atoms with E-state index in [2.05, 4.69) is 70.7 Å². The van der Waals surface area contributed by atoms with Crippen molar-refractivity contribution in [3.8, 4) is 5.75 Å². The minimum absolute atomic E-state index is 0.0172. The van der Waals surface area contributed by atoms with Gasteiger partial charge in [-0.1, -0.05) is 98.8 Å². The summed E-state index contributed by atoms with van der Waals surface area (Å²) in [5, 5.41) is 15.7. The first-order valence-electron chi connectivity index (χ1n) is 16.9. The monoisotopic (exact) mass is 678 g/mol. The van der Waals surface area contributed by atoms with E-state index in [0.717, 1.165) is 55.2 Å². The third-order valence-corrected chi connectivity index (χ3v) is 7.16. The van der Waals surface area contributed by atoms with E-state index in [1.807, 2.05) is 36.4 Å². The first kappa shape index (κ1) is 39.1. The van der Waals surface area contributed by atoms with Crippen LogP contribution in [0.2, 0.25) is 0 Å². The first-order valence-corrected chi connectivity index (χ1v) is 16.9. The molecule has 0 fully saturated rings. The minimum Gasteiger partial charge on any atom is -0.491 e. The highest BCUT2D eigenvalue weighted by molar-refractivity contribution is 5.83. The van der Waals surface area contributed by atoms with E-state index in [1.54, 1.807) is 37.7 Å². The third-order valence-electron chi connectivity index (χ3n) is 7.16. The van der Waals surface area contributed by atoms with E-state index in [9.17, 15) is 13.2 Å². The maximum Gasteiger partial charge on any atom is 0.201 e. The van der Waals surface area contributed by atoms with Crippen molar-refractivity contribution in [2.24, 2.45) is 20.4 Å². The molecule has 0 aliphatic rings. The van der Waals surface area contributed by atoms with Crippen LogP contribution in [0.4, 0.5) is 13.2 Å². The Morgan fingerprint density at radius 1 is 0.500 bits per heavy atom. The van der Waals surface area contributed by atoms with Gasteiger partial charge in [0, 0.05) is 5.56 Å². The Bertz CT molecular complexity index is 1740. The summed E-state index contributed by atoms with van der Waals surface area (Å²) in [6, 6.07) is 25.2. The second-order valence-electron chi connectivity index (χ2n) is 11.1. The molecule has 0 saturated heterocycles. The molecule has 0 spiro atoms. The fourth-order valence-corrected chi connectivity index (χ4v) is 4.47. The van der Waals surface area contributed by atoms with Crippen LogP contribution in [0, 0.1) is 17.5 Å². The van der Waals surface area contributed by atoms with Crippen molar-refractivity contribution in [3.05, 3.63) is 160 Å². The van der Waals surface area contributed by atoms with Crippen LogP contribution in [0.1, 0.15) is 79.8 Å². The van der Waals surface area contributed by atoms with Gasteiger partial charge in [0.25, 0.3) is 0 Å². The van der Waals surface area contributed by atoms with E-state index in [4.69, 9.17) is 4.74 Å². The molecule has 260 valence electrons. The van der Waals surface area contributed by atoms with Gasteiger partial charge < -0.3 is 4.74 Å². The lowest BCUT2D eigenvalue weighted by atomic mass is 10.1. The summed E-state index contributed by atoms with van der Waals surface area (Å²) in [6.45, 7) is 6.23. The quantitative estimate of drug-likeness (QED) is 0.0661. The lowest BCUT2D eigenvalue weighted by Gasteiger charge is -2.05. The van der Waals surface area contributed by atoms with Crippen molar-refractivity contribution in [2.75, 3.05) is 6.61 Å². The summed E-state index contributed by atoms with van der Waals surface area (Å²) in [6.07, 6.45) is 21.1. The number of aryl methyl sites for hydroxylation is 2. The zero-order valence-electron chi connectivity index (χ0n) is 29.0. The van der Waals surface area contributed by atoms with Gasteiger partial charge in [0.2, 0.25) is 5.82 Å². The van der Waals surface area contributed by atoms with Gasteiger partial charge in [-0.2, -0.15) is 24.8 Å². The molecule has 4 aromatic rings. The van der Waals surface area contributed by atoms with E-state index in [1.165, 1.54) is 41.6 Å². The van der Waals surface area contributed by atoms with Crippen LogP contribution in [-0.2, 0) is 12.8 Å². The summed E-state index contributed by atoms with van der Waals surface area (Å²) < 4.78 is 45.5. The fourth-order valence-electron chi connectivity index (χ4n) is 4.47. The molecule has 0 bridgehead atoms. The highest BCUT2D eigenvalue weighted by Crippen LogP contribution is 2.22. The average Bonchev–Trinajstić information content (AvgIpc) is 3.14. The highest BCUT2D eigenvalue weighted by Gasteiger charge is 2.12. The largest absolute Gasteiger partial charge is 0.491 e. The molecule has 0 amide bonds. The number of rotatable bonds is 16. The van der Waals surface area contributed by atoms with Crippen LogP contribution < -0.4 is 4.74 Å². The maximum absolute atomic E-state index is 13.9. The van der Waals surface area contributed by atoms with Crippen molar-refractivity contribution < 1.29 is 17.9 Å². The molecule has 0 aliphatic heterocycles. The van der Waals surface area contributed by atoms with Gasteiger partial charge in [0.05, 0.1) is 31.5 Å². The highest BCUT2D eigenvalue weighted by atomic mass is 19.2. The third kappa shape index (κ3) is 14.8. The summed E-state index contributed by atoms with van der Waals surface area (Å²) >= 11 is 0. The SMILES string of the molecule is CCC=CCCc1ccc(C=NN=Cc2ccc(F)cc2)cc1.CCC=CCCc1ccc(C=NN=Cc2ccc(OCC)c(F)c2F)cc1. The molecule has 8 heteroatoms. The molecule has 4 rings (SSSR count). The lowest BCUT2D eigenvalue weighted by Crippen LogP contribution is -2.00. The molecule has 50 heavy (non-hydrogen) atoms. The number of ether oxygens (including phenoxy) is 1. The predicted octanol–water partition coefficient (Wildman–Crippen LogP) is 10.9. The molecule has 0 aliphatic carbocycles. The number of hydrogen-bond donors (Lipinski definition) is 0. The zero-order chi connectivity index (χ0) is 35.8. The standard InChI is InChI=1S/C22H24F2N2O.C20H21FN2/c1-3-5-6-7-8-17-9-11-18(12-10-17)15-25-26-16-19-13-14-20(27-4-2)22(24)21(19)23;1-2-3-4-5-6-17-7-9-18(10-8-17)15-22-23-16-19-11-13-20(21)14-12-19/h5-6,9-16H,3-4,7-8H2,1-2H3;3-4,7-16H,2,5-6H2,1H3. The zero-order valence-corrected chi connectivity index (χ0v) is 29.0. The van der Waals surface area contributed by atoms with Gasteiger partial charge >= 0.3 is 0 Å². The molecule has 0 aromatic heterocycles. The van der Waals surface area contributed by atoms with Gasteiger partial charge in [-0.15, -0.1) is 0 Å². The Kier molecular flexibility index (Phi) is 18.0. The normalized spacial score (nSPS) is 11.9. The van der Waals surface area contributed by atoms with Gasteiger partial charge in [-0.25, -0.2) is 8.78 Å². The molecule has 0 radical (unpaired) electrons. The summed E-state index contributed by atoms with van der Waals surface area (Å²) in [7, 11) is 0. The van der Waals surface area contributed by atoms with E-state index >= 15 is 0 Å². The fraction of sp³-hybridized carbons (Fsp3) is 0.238. The van der Waals surface area contributed by atoms with Crippen LogP contribution in [0.15, 0.2) is 130 Å². The Labute approximate surface area is 294 Å². The van der Waals surface area contributed by atoms with E-state index in [-0.39, 0.29) is 23.7 Å². The molecule has 4 aromatic carbocycles. The van der Waals surface area contributed by atoms with Gasteiger partial charge in [0.1, 0.15) is 5.82 Å². The number of benzene rings is 4. The molecule has 0 heterocycles. The van der Waals surface area contributed by atoms with Gasteiger partial charge in [0.15, 0.2) is 11.6 Å². The minimum atomic E-state index is -1.02. The molecule has 0 saturated carbocycles. The van der Waals surface area contributed by atoms with E-state index in [0.29, 0.717) is 0 Å². The smallest absolute Gasteiger partial charge is 0.201 e. The Balaban J connectivity index is 0.000000274. The maximum atomic E-state index is 13.9. The van der Waals surface area contributed by atoms with Crippen molar-refractivity contribution >= 4 is 24.9 Å². The average molecular weight is 679 g/mol. The van der Waals surface area contributed by atoms with Gasteiger partial charge in [-0.05, 0) is 97.5 Å². The number of nitrogens with zero attached hydrogens (tertiary/aromatic N) is 4. The molecule has 0 N–H and O–H groups in total. The summed E-state index contributed by atoms with van der Waals surface area (Å²) in [5.41, 5.74) is 5.30. The Morgan fingerprint density at radius 2 is 0.940 bits per heavy atom. The van der Waals surface area contributed by atoms with Crippen LogP contribution >= 0.6 is 0 Å². The lowest BCUT2D eigenvalue weighted by molar-refractivity contribution is 0.314. The molecular weight excluding hydrogens is 633 g/mol. The predicted molar refractivity (Wildman–Crippen MR) is 203 cm³/mol. The van der Waals surface area contributed by atoms with Crippen LogP contribution in [0.25, 0.3) is 0 Å². The second kappa shape index (κ2) is 23.1. The summed E-state index contributed by atoms with van der Waals surface area (Å²) in [5.74, 6) is -2.38. The van der Waals surface area contributed by atoms with Crippen LogP contribution in [-0.4, -0.2) is 31.5 Å². The van der Waals surface area contributed by atoms with Crippen LogP contribution in [0.3, 0.4) is 0 Å². The molecule has 0 atom stereocenters.